The highest BCUT2D eigenvalue weighted by Crippen LogP contribution is 2.28. The highest BCUT2D eigenvalue weighted by Gasteiger charge is 2.27. The molecule has 0 saturated heterocycles. The van der Waals surface area contributed by atoms with E-state index in [1.165, 1.54) is 35.5 Å². The largest absolute Gasteiger partial charge is 0.464 e. The summed E-state index contributed by atoms with van der Waals surface area (Å²) in [7, 11) is 1.56. The van der Waals surface area contributed by atoms with Crippen molar-refractivity contribution in [2.45, 2.75) is 32.3 Å². The van der Waals surface area contributed by atoms with Crippen molar-refractivity contribution in [3.63, 3.8) is 0 Å². The van der Waals surface area contributed by atoms with E-state index in [1.807, 2.05) is 0 Å². The number of carboxylic acid groups (broad SMARTS) is 1. The molecule has 1 amide bonds. The van der Waals surface area contributed by atoms with Crippen LogP contribution in [0.5, 0.6) is 5.75 Å². The number of rotatable bonds is 6. The minimum absolute atomic E-state index is 0.0827. The van der Waals surface area contributed by atoms with E-state index in [0.717, 1.165) is 4.57 Å². The second-order valence-electron chi connectivity index (χ2n) is 8.97. The molecule has 0 aliphatic carbocycles. The number of halogens is 2. The van der Waals surface area contributed by atoms with Gasteiger partial charge in [-0.15, -0.1) is 0 Å². The molecule has 190 valence electrons. The summed E-state index contributed by atoms with van der Waals surface area (Å²) >= 11 is 11.9. The maximum atomic E-state index is 12.6. The number of hydrogen-bond donors (Lipinski definition) is 1. The second kappa shape index (κ2) is 11.0. The molecule has 0 fully saturated rings. The normalized spacial score (nSPS) is 12.1. The summed E-state index contributed by atoms with van der Waals surface area (Å²) in [6.07, 6.45) is 0.922. The van der Waals surface area contributed by atoms with Crippen molar-refractivity contribution in [1.82, 2.24) is 14.5 Å². The van der Waals surface area contributed by atoms with Crippen molar-refractivity contribution in [1.29, 1.82) is 0 Å². The molecule has 0 aliphatic rings. The van der Waals surface area contributed by atoms with Gasteiger partial charge in [0.1, 0.15) is 17.2 Å². The van der Waals surface area contributed by atoms with E-state index in [0.29, 0.717) is 15.6 Å². The van der Waals surface area contributed by atoms with Gasteiger partial charge in [-0.05, 0) is 56.7 Å². The van der Waals surface area contributed by atoms with Gasteiger partial charge in [-0.2, -0.15) is 0 Å². The average Bonchev–Trinajstić information content (AvgIpc) is 3.26. The van der Waals surface area contributed by atoms with Crippen LogP contribution in [-0.4, -0.2) is 56.9 Å². The van der Waals surface area contributed by atoms with Crippen LogP contribution in [0.4, 0.5) is 9.59 Å². The number of amides is 1. The molecule has 36 heavy (non-hydrogen) atoms. The highest BCUT2D eigenvalue weighted by atomic mass is 35.5. The molecular formula is C25H25Cl2N3O6. The van der Waals surface area contributed by atoms with Crippen molar-refractivity contribution >= 4 is 41.4 Å². The van der Waals surface area contributed by atoms with Crippen LogP contribution < -0.4 is 4.74 Å². The van der Waals surface area contributed by atoms with Crippen LogP contribution in [0.1, 0.15) is 48.4 Å². The lowest BCUT2D eigenvalue weighted by molar-refractivity contribution is 0.0292. The van der Waals surface area contributed by atoms with Crippen LogP contribution in [0.15, 0.2) is 54.9 Å². The third-order valence-electron chi connectivity index (χ3n) is 4.94. The SMILES string of the molecule is CN(CC(c1ccc(OC(=O)c2cc(Cl)cc(Cl)c2)cc1)c1nccn1C(=O)O)C(=O)OC(C)(C)C. The predicted molar refractivity (Wildman–Crippen MR) is 134 cm³/mol. The number of ether oxygens (including phenoxy) is 2. The zero-order valence-corrected chi connectivity index (χ0v) is 21.6. The molecule has 1 heterocycles. The minimum Gasteiger partial charge on any atom is -0.464 e. The molecular weight excluding hydrogens is 509 g/mol. The fraction of sp³-hybridized carbons (Fsp3) is 0.280. The summed E-state index contributed by atoms with van der Waals surface area (Å²) in [5.41, 5.74) is 0.140. The van der Waals surface area contributed by atoms with Crippen LogP contribution in [0.25, 0.3) is 0 Å². The molecule has 2 aromatic carbocycles. The van der Waals surface area contributed by atoms with E-state index in [4.69, 9.17) is 32.7 Å². The fourth-order valence-corrected chi connectivity index (χ4v) is 3.89. The van der Waals surface area contributed by atoms with Crippen molar-refractivity contribution in [2.75, 3.05) is 13.6 Å². The van der Waals surface area contributed by atoms with Crippen molar-refractivity contribution in [3.8, 4) is 5.75 Å². The van der Waals surface area contributed by atoms with Crippen LogP contribution in [0.2, 0.25) is 10.0 Å². The first kappa shape index (κ1) is 27.0. The average molecular weight is 534 g/mol. The zero-order valence-electron chi connectivity index (χ0n) is 20.1. The number of imidazole rings is 1. The van der Waals surface area contributed by atoms with Gasteiger partial charge in [-0.3, -0.25) is 0 Å². The molecule has 1 atom stereocenters. The number of carbonyl (C=O) groups is 3. The molecule has 0 saturated carbocycles. The maximum Gasteiger partial charge on any atom is 0.417 e. The first-order valence-electron chi connectivity index (χ1n) is 10.8. The zero-order chi connectivity index (χ0) is 26.6. The highest BCUT2D eigenvalue weighted by molar-refractivity contribution is 6.35. The van der Waals surface area contributed by atoms with Gasteiger partial charge in [0.2, 0.25) is 0 Å². The number of carbonyl (C=O) groups excluding carboxylic acids is 2. The van der Waals surface area contributed by atoms with Crippen molar-refractivity contribution in [3.05, 3.63) is 81.9 Å². The Labute approximate surface area is 218 Å². The second-order valence-corrected chi connectivity index (χ2v) is 9.84. The molecule has 0 radical (unpaired) electrons. The van der Waals surface area contributed by atoms with E-state index in [-0.39, 0.29) is 23.7 Å². The Morgan fingerprint density at radius 1 is 1.08 bits per heavy atom. The van der Waals surface area contributed by atoms with Crippen LogP contribution >= 0.6 is 23.2 Å². The lowest BCUT2D eigenvalue weighted by Crippen LogP contribution is -2.37. The number of hydrogen-bond acceptors (Lipinski definition) is 6. The Balaban J connectivity index is 1.86. The monoisotopic (exact) mass is 533 g/mol. The van der Waals surface area contributed by atoms with Crippen molar-refractivity contribution < 1.29 is 29.0 Å². The van der Waals surface area contributed by atoms with Crippen molar-refractivity contribution in [2.24, 2.45) is 0 Å². The summed E-state index contributed by atoms with van der Waals surface area (Å²) in [6.45, 7) is 5.35. The van der Waals surface area contributed by atoms with Gasteiger partial charge in [-0.1, -0.05) is 35.3 Å². The first-order valence-corrected chi connectivity index (χ1v) is 11.6. The third kappa shape index (κ3) is 6.99. The van der Waals surface area contributed by atoms with Gasteiger partial charge in [0.15, 0.2) is 0 Å². The van der Waals surface area contributed by atoms with Crippen LogP contribution in [0.3, 0.4) is 0 Å². The number of benzene rings is 2. The summed E-state index contributed by atoms with van der Waals surface area (Å²) in [6, 6.07) is 10.9. The Bertz CT molecular complexity index is 1250. The molecule has 0 aliphatic heterocycles. The fourth-order valence-electron chi connectivity index (χ4n) is 3.36. The molecule has 1 unspecified atom stereocenters. The Morgan fingerprint density at radius 3 is 2.25 bits per heavy atom. The minimum atomic E-state index is -1.21. The molecule has 3 rings (SSSR count). The van der Waals surface area contributed by atoms with E-state index >= 15 is 0 Å². The van der Waals surface area contributed by atoms with Gasteiger partial charge in [-0.25, -0.2) is 23.9 Å². The Morgan fingerprint density at radius 2 is 1.69 bits per heavy atom. The van der Waals surface area contributed by atoms with E-state index < -0.39 is 29.7 Å². The van der Waals surface area contributed by atoms with Gasteiger partial charge < -0.3 is 19.5 Å². The number of esters is 1. The molecule has 0 bridgehead atoms. The van der Waals surface area contributed by atoms with Crippen LogP contribution in [-0.2, 0) is 4.74 Å². The summed E-state index contributed by atoms with van der Waals surface area (Å²) < 4.78 is 11.8. The van der Waals surface area contributed by atoms with E-state index in [2.05, 4.69) is 4.98 Å². The van der Waals surface area contributed by atoms with Crippen LogP contribution in [0, 0.1) is 0 Å². The molecule has 9 nitrogen and oxygen atoms in total. The Hall–Kier alpha value is -3.56. The summed E-state index contributed by atoms with van der Waals surface area (Å²) in [5.74, 6) is -0.795. The number of aromatic nitrogens is 2. The maximum absolute atomic E-state index is 12.6. The predicted octanol–water partition coefficient (Wildman–Crippen LogP) is 5.93. The molecule has 11 heteroatoms. The molecule has 3 aromatic rings. The number of nitrogens with zero attached hydrogens (tertiary/aromatic N) is 3. The van der Waals surface area contributed by atoms with E-state index in [1.54, 1.807) is 52.1 Å². The quantitative estimate of drug-likeness (QED) is 0.308. The Kier molecular flexibility index (Phi) is 8.27. The topological polar surface area (TPSA) is 111 Å². The molecule has 1 N–H and O–H groups in total. The van der Waals surface area contributed by atoms with Gasteiger partial charge in [0, 0.05) is 36.0 Å². The van der Waals surface area contributed by atoms with E-state index in [9.17, 15) is 19.5 Å². The smallest absolute Gasteiger partial charge is 0.417 e. The lowest BCUT2D eigenvalue weighted by atomic mass is 9.97. The standard InChI is InChI=1S/C25H25Cl2N3O6/c1-25(2,3)36-24(34)29(4)14-20(21-28-9-10-30(21)23(32)33)15-5-7-19(8-6-15)35-22(31)16-11-17(26)13-18(27)12-16/h5-13,20H,14H2,1-4H3,(H,32,33). The first-order chi connectivity index (χ1) is 16.8. The van der Waals surface area contributed by atoms with Gasteiger partial charge in [0.05, 0.1) is 11.5 Å². The summed E-state index contributed by atoms with van der Waals surface area (Å²) in [5, 5.41) is 10.2. The lowest BCUT2D eigenvalue weighted by Gasteiger charge is -2.27. The molecule has 0 spiro atoms. The van der Waals surface area contributed by atoms with Gasteiger partial charge in [0.25, 0.3) is 0 Å². The summed E-state index contributed by atoms with van der Waals surface area (Å²) in [4.78, 5) is 42.4. The number of likely N-dealkylation sites (N-methyl/N-ethyl adjacent to an activating group) is 1. The van der Waals surface area contributed by atoms with Gasteiger partial charge >= 0.3 is 18.2 Å². The third-order valence-corrected chi connectivity index (χ3v) is 5.38. The molecule has 1 aromatic heterocycles.